The van der Waals surface area contributed by atoms with Gasteiger partial charge in [-0.2, -0.15) is 0 Å². The van der Waals surface area contributed by atoms with Crippen molar-refractivity contribution in [2.75, 3.05) is 27.2 Å². The zero-order valence-corrected chi connectivity index (χ0v) is 10.6. The Morgan fingerprint density at radius 3 is 2.88 bits per heavy atom. The van der Waals surface area contributed by atoms with E-state index >= 15 is 0 Å². The number of aromatic nitrogens is 1. The molecule has 0 aliphatic heterocycles. The Balaban J connectivity index is 2.45. The highest BCUT2D eigenvalue weighted by Crippen LogP contribution is 2.07. The van der Waals surface area contributed by atoms with Gasteiger partial charge in [0.1, 0.15) is 0 Å². The van der Waals surface area contributed by atoms with Crippen LogP contribution >= 0.6 is 11.6 Å². The van der Waals surface area contributed by atoms with Crippen LogP contribution in [0.5, 0.6) is 0 Å². The van der Waals surface area contributed by atoms with Gasteiger partial charge >= 0.3 is 0 Å². The Bertz CT molecular complexity index is 385. The number of halogens is 1. The van der Waals surface area contributed by atoms with Crippen LogP contribution in [-0.4, -0.2) is 54.2 Å². The second-order valence-electron chi connectivity index (χ2n) is 4.02. The maximum Gasteiger partial charge on any atom is 0.252 e. The van der Waals surface area contributed by atoms with Crippen molar-refractivity contribution < 1.29 is 9.90 Å². The summed E-state index contributed by atoms with van der Waals surface area (Å²) >= 11 is 5.72. The minimum atomic E-state index is -0.596. The van der Waals surface area contributed by atoms with Gasteiger partial charge in [-0.3, -0.25) is 9.78 Å². The molecule has 5 nitrogen and oxygen atoms in total. The van der Waals surface area contributed by atoms with Gasteiger partial charge in [-0.15, -0.1) is 0 Å². The normalized spacial score (nSPS) is 12.5. The summed E-state index contributed by atoms with van der Waals surface area (Å²) in [4.78, 5) is 17.3. The lowest BCUT2D eigenvalue weighted by molar-refractivity contribution is 0.0892. The maximum absolute atomic E-state index is 11.7. The first kappa shape index (κ1) is 13.9. The predicted molar refractivity (Wildman–Crippen MR) is 66.1 cm³/mol. The zero-order chi connectivity index (χ0) is 12.8. The molecule has 17 heavy (non-hydrogen) atoms. The molecular formula is C11H16ClN3O2. The molecule has 1 heterocycles. The van der Waals surface area contributed by atoms with Crippen molar-refractivity contribution in [2.24, 2.45) is 0 Å². The Morgan fingerprint density at radius 1 is 1.59 bits per heavy atom. The van der Waals surface area contributed by atoms with Crippen LogP contribution in [-0.2, 0) is 0 Å². The molecule has 0 aromatic carbocycles. The highest BCUT2D eigenvalue weighted by atomic mass is 35.5. The lowest BCUT2D eigenvalue weighted by atomic mass is 10.2. The number of rotatable bonds is 5. The van der Waals surface area contributed by atoms with Gasteiger partial charge in [0.2, 0.25) is 0 Å². The van der Waals surface area contributed by atoms with Gasteiger partial charge < -0.3 is 15.3 Å². The summed E-state index contributed by atoms with van der Waals surface area (Å²) in [7, 11) is 3.71. The third-order valence-electron chi connectivity index (χ3n) is 2.04. The van der Waals surface area contributed by atoms with Crippen LogP contribution in [0.4, 0.5) is 0 Å². The van der Waals surface area contributed by atoms with E-state index in [0.29, 0.717) is 17.1 Å². The molecule has 94 valence electrons. The number of nitrogens with one attached hydrogen (secondary N) is 1. The lowest BCUT2D eigenvalue weighted by Gasteiger charge is -2.16. The van der Waals surface area contributed by atoms with Crippen LogP contribution in [0.25, 0.3) is 0 Å². The Labute approximate surface area is 105 Å². The molecule has 6 heteroatoms. The summed E-state index contributed by atoms with van der Waals surface area (Å²) in [5.41, 5.74) is 0.384. The fourth-order valence-electron chi connectivity index (χ4n) is 1.33. The summed E-state index contributed by atoms with van der Waals surface area (Å²) < 4.78 is 0. The number of amides is 1. The first-order valence-electron chi connectivity index (χ1n) is 5.20. The molecule has 0 spiro atoms. The van der Waals surface area contributed by atoms with Crippen molar-refractivity contribution in [1.82, 2.24) is 15.2 Å². The van der Waals surface area contributed by atoms with Crippen molar-refractivity contribution in [3.63, 3.8) is 0 Å². The van der Waals surface area contributed by atoms with Crippen molar-refractivity contribution >= 4 is 17.5 Å². The first-order chi connectivity index (χ1) is 7.99. The third-order valence-corrected chi connectivity index (χ3v) is 2.25. The molecule has 1 aromatic rings. The van der Waals surface area contributed by atoms with Crippen molar-refractivity contribution in [3.05, 3.63) is 29.0 Å². The maximum atomic E-state index is 11.7. The van der Waals surface area contributed by atoms with Crippen LogP contribution < -0.4 is 5.32 Å². The topological polar surface area (TPSA) is 65.5 Å². The van der Waals surface area contributed by atoms with Crippen molar-refractivity contribution in [1.29, 1.82) is 0 Å². The molecule has 1 aromatic heterocycles. The number of nitrogens with zero attached hydrogens (tertiary/aromatic N) is 2. The van der Waals surface area contributed by atoms with E-state index in [1.165, 1.54) is 18.5 Å². The average molecular weight is 258 g/mol. The lowest BCUT2D eigenvalue weighted by Crippen LogP contribution is -2.37. The Kier molecular flexibility index (Phi) is 5.34. The molecular weight excluding hydrogens is 242 g/mol. The van der Waals surface area contributed by atoms with Crippen LogP contribution in [0.2, 0.25) is 5.02 Å². The molecule has 1 amide bonds. The van der Waals surface area contributed by atoms with Crippen molar-refractivity contribution in [3.8, 4) is 0 Å². The minimum Gasteiger partial charge on any atom is -0.390 e. The molecule has 0 aliphatic carbocycles. The van der Waals surface area contributed by atoms with Gasteiger partial charge in [-0.25, -0.2) is 0 Å². The van der Waals surface area contributed by atoms with Gasteiger partial charge in [0, 0.05) is 25.5 Å². The fraction of sp³-hybridized carbons (Fsp3) is 0.455. The molecule has 0 aliphatic rings. The van der Waals surface area contributed by atoms with Gasteiger partial charge in [0.15, 0.2) is 0 Å². The van der Waals surface area contributed by atoms with E-state index in [-0.39, 0.29) is 12.5 Å². The fourth-order valence-corrected chi connectivity index (χ4v) is 1.51. The van der Waals surface area contributed by atoms with Gasteiger partial charge in [0.05, 0.1) is 16.7 Å². The first-order valence-corrected chi connectivity index (χ1v) is 5.58. The predicted octanol–water partition coefficient (Wildman–Crippen LogP) is 0.387. The summed E-state index contributed by atoms with van der Waals surface area (Å²) in [6.45, 7) is 0.692. The second-order valence-corrected chi connectivity index (χ2v) is 4.45. The summed E-state index contributed by atoms with van der Waals surface area (Å²) in [5.74, 6) is -0.294. The SMILES string of the molecule is CN(C)CC(O)CNC(=O)c1cncc(Cl)c1. The zero-order valence-electron chi connectivity index (χ0n) is 9.85. The van der Waals surface area contributed by atoms with Crippen LogP contribution in [0, 0.1) is 0 Å². The van der Waals surface area contributed by atoms with Gasteiger partial charge in [0.25, 0.3) is 5.91 Å². The van der Waals surface area contributed by atoms with E-state index in [2.05, 4.69) is 10.3 Å². The number of pyridine rings is 1. The van der Waals surface area contributed by atoms with E-state index in [4.69, 9.17) is 11.6 Å². The molecule has 0 radical (unpaired) electrons. The second kappa shape index (κ2) is 6.54. The minimum absolute atomic E-state index is 0.198. The van der Waals surface area contributed by atoms with Gasteiger partial charge in [-0.05, 0) is 20.2 Å². The number of likely N-dealkylation sites (N-methyl/N-ethyl adjacent to an activating group) is 1. The molecule has 0 saturated heterocycles. The highest BCUT2D eigenvalue weighted by molar-refractivity contribution is 6.30. The summed E-state index contributed by atoms with van der Waals surface area (Å²) in [5, 5.41) is 12.6. The number of hydrogen-bond acceptors (Lipinski definition) is 4. The average Bonchev–Trinajstić information content (AvgIpc) is 2.25. The van der Waals surface area contributed by atoms with E-state index in [0.717, 1.165) is 0 Å². The number of carbonyl (C=O) groups excluding carboxylic acids is 1. The molecule has 0 fully saturated rings. The number of carbonyl (C=O) groups is 1. The number of aliphatic hydroxyl groups is 1. The molecule has 1 unspecified atom stereocenters. The summed E-state index contributed by atoms with van der Waals surface area (Å²) in [6, 6.07) is 1.53. The third kappa shape index (κ3) is 5.12. The molecule has 1 atom stereocenters. The van der Waals surface area contributed by atoms with Crippen LogP contribution in [0.3, 0.4) is 0 Å². The Hall–Kier alpha value is -1.17. The number of aliphatic hydroxyl groups excluding tert-OH is 1. The van der Waals surface area contributed by atoms with Gasteiger partial charge in [-0.1, -0.05) is 11.6 Å². The van der Waals surface area contributed by atoms with E-state index in [9.17, 15) is 9.90 Å². The quantitative estimate of drug-likeness (QED) is 0.801. The molecule has 2 N–H and O–H groups in total. The standard InChI is InChI=1S/C11H16ClN3O2/c1-15(2)7-10(16)6-14-11(17)8-3-9(12)5-13-4-8/h3-5,10,16H,6-7H2,1-2H3,(H,14,17). The van der Waals surface area contributed by atoms with E-state index in [1.807, 2.05) is 19.0 Å². The monoisotopic (exact) mass is 257 g/mol. The van der Waals surface area contributed by atoms with E-state index in [1.54, 1.807) is 0 Å². The smallest absolute Gasteiger partial charge is 0.252 e. The van der Waals surface area contributed by atoms with Crippen LogP contribution in [0.15, 0.2) is 18.5 Å². The highest BCUT2D eigenvalue weighted by Gasteiger charge is 2.10. The van der Waals surface area contributed by atoms with Crippen LogP contribution in [0.1, 0.15) is 10.4 Å². The molecule has 0 saturated carbocycles. The van der Waals surface area contributed by atoms with Crippen molar-refractivity contribution in [2.45, 2.75) is 6.10 Å². The Morgan fingerprint density at radius 2 is 2.29 bits per heavy atom. The van der Waals surface area contributed by atoms with E-state index < -0.39 is 6.10 Å². The molecule has 1 rings (SSSR count). The molecule has 0 bridgehead atoms. The summed E-state index contributed by atoms with van der Waals surface area (Å²) in [6.07, 6.45) is 2.29. The largest absolute Gasteiger partial charge is 0.390 e. The number of hydrogen-bond donors (Lipinski definition) is 2.